The van der Waals surface area contributed by atoms with Gasteiger partial charge in [-0.1, -0.05) is 19.4 Å². The number of ether oxygens (including phenoxy) is 2. The van der Waals surface area contributed by atoms with Crippen molar-refractivity contribution in [3.8, 4) is 11.5 Å². The van der Waals surface area contributed by atoms with E-state index in [0.29, 0.717) is 6.79 Å². The van der Waals surface area contributed by atoms with Crippen molar-refractivity contribution in [2.75, 3.05) is 46.6 Å². The van der Waals surface area contributed by atoms with Crippen molar-refractivity contribution >= 4 is 5.96 Å². The Balaban J connectivity index is 1.48. The molecule has 0 aliphatic carbocycles. The first-order chi connectivity index (χ1) is 11.8. The number of aliphatic imine (C=N–C) groups is 1. The fraction of sp³-hybridized carbons (Fsp3) is 0.611. The Morgan fingerprint density at radius 2 is 1.96 bits per heavy atom. The van der Waals surface area contributed by atoms with E-state index in [9.17, 15) is 0 Å². The third kappa shape index (κ3) is 4.12. The fourth-order valence-electron chi connectivity index (χ4n) is 3.12. The summed E-state index contributed by atoms with van der Waals surface area (Å²) in [6, 6.07) is 6.23. The van der Waals surface area contributed by atoms with Crippen molar-refractivity contribution < 1.29 is 9.47 Å². The Kier molecular flexibility index (Phi) is 5.80. The highest BCUT2D eigenvalue weighted by Crippen LogP contribution is 2.32. The predicted octanol–water partition coefficient (Wildman–Crippen LogP) is 1.91. The lowest BCUT2D eigenvalue weighted by molar-refractivity contribution is 0.171. The number of fused-ring (bicyclic) bond motifs is 1. The SMILES string of the molecule is CCCCNC(=NC)N1CCN(Cc2ccc3c(c2)OCO3)CC1. The first-order valence-corrected chi connectivity index (χ1v) is 8.86. The maximum absolute atomic E-state index is 5.47. The van der Waals surface area contributed by atoms with Crippen molar-refractivity contribution in [2.24, 2.45) is 4.99 Å². The van der Waals surface area contributed by atoms with Crippen molar-refractivity contribution in [2.45, 2.75) is 26.3 Å². The van der Waals surface area contributed by atoms with Crippen LogP contribution in [-0.4, -0.2) is 62.3 Å². The van der Waals surface area contributed by atoms with Gasteiger partial charge in [0.1, 0.15) is 0 Å². The third-order valence-corrected chi connectivity index (χ3v) is 4.54. The van der Waals surface area contributed by atoms with Crippen molar-refractivity contribution in [1.29, 1.82) is 0 Å². The number of hydrogen-bond acceptors (Lipinski definition) is 4. The van der Waals surface area contributed by atoms with E-state index in [0.717, 1.165) is 56.7 Å². The third-order valence-electron chi connectivity index (χ3n) is 4.54. The number of unbranched alkanes of at least 4 members (excludes halogenated alkanes) is 1. The van der Waals surface area contributed by atoms with Gasteiger partial charge in [0, 0.05) is 46.3 Å². The molecule has 2 heterocycles. The van der Waals surface area contributed by atoms with Gasteiger partial charge in [0.25, 0.3) is 0 Å². The molecule has 24 heavy (non-hydrogen) atoms. The molecule has 132 valence electrons. The van der Waals surface area contributed by atoms with Gasteiger partial charge < -0.3 is 19.7 Å². The summed E-state index contributed by atoms with van der Waals surface area (Å²) in [6.45, 7) is 8.60. The second kappa shape index (κ2) is 8.24. The Hall–Kier alpha value is -1.95. The number of nitrogens with one attached hydrogen (secondary N) is 1. The van der Waals surface area contributed by atoms with Crippen LogP contribution in [0.3, 0.4) is 0 Å². The van der Waals surface area contributed by atoms with Crippen molar-refractivity contribution in [3.63, 3.8) is 0 Å². The summed E-state index contributed by atoms with van der Waals surface area (Å²) < 4.78 is 10.8. The van der Waals surface area contributed by atoms with Gasteiger partial charge in [-0.25, -0.2) is 0 Å². The predicted molar refractivity (Wildman–Crippen MR) is 95.7 cm³/mol. The van der Waals surface area contributed by atoms with Crippen LogP contribution in [0.1, 0.15) is 25.3 Å². The molecule has 2 aliphatic heterocycles. The number of guanidine groups is 1. The normalized spacial score (nSPS) is 18.1. The van der Waals surface area contributed by atoms with Gasteiger partial charge in [-0.05, 0) is 24.1 Å². The highest BCUT2D eigenvalue weighted by Gasteiger charge is 2.20. The fourth-order valence-corrected chi connectivity index (χ4v) is 3.12. The van der Waals surface area contributed by atoms with Crippen LogP contribution in [0.25, 0.3) is 0 Å². The van der Waals surface area contributed by atoms with Gasteiger partial charge in [-0.15, -0.1) is 0 Å². The summed E-state index contributed by atoms with van der Waals surface area (Å²) in [5.41, 5.74) is 1.28. The molecular weight excluding hydrogens is 304 g/mol. The second-order valence-electron chi connectivity index (χ2n) is 6.28. The van der Waals surface area contributed by atoms with Crippen LogP contribution < -0.4 is 14.8 Å². The Morgan fingerprint density at radius 1 is 1.17 bits per heavy atom. The van der Waals surface area contributed by atoms with Gasteiger partial charge in [0.05, 0.1) is 0 Å². The maximum atomic E-state index is 5.47. The van der Waals surface area contributed by atoms with Gasteiger partial charge in [0.15, 0.2) is 17.5 Å². The minimum atomic E-state index is 0.335. The first kappa shape index (κ1) is 16.9. The van der Waals surface area contributed by atoms with Gasteiger partial charge in [-0.2, -0.15) is 0 Å². The molecular formula is C18H28N4O2. The lowest BCUT2D eigenvalue weighted by Gasteiger charge is -2.36. The molecule has 1 saturated heterocycles. The molecule has 3 rings (SSSR count). The van der Waals surface area contributed by atoms with Crippen LogP contribution in [-0.2, 0) is 6.54 Å². The highest BCUT2D eigenvalue weighted by molar-refractivity contribution is 5.79. The zero-order valence-corrected chi connectivity index (χ0v) is 14.8. The average Bonchev–Trinajstić information content (AvgIpc) is 3.07. The second-order valence-corrected chi connectivity index (χ2v) is 6.28. The number of hydrogen-bond donors (Lipinski definition) is 1. The molecule has 6 nitrogen and oxygen atoms in total. The number of nitrogens with zero attached hydrogens (tertiary/aromatic N) is 3. The van der Waals surface area contributed by atoms with Crippen LogP contribution in [0.2, 0.25) is 0 Å². The van der Waals surface area contributed by atoms with Crippen molar-refractivity contribution in [1.82, 2.24) is 15.1 Å². The quantitative estimate of drug-likeness (QED) is 0.507. The molecule has 0 spiro atoms. The first-order valence-electron chi connectivity index (χ1n) is 8.86. The summed E-state index contributed by atoms with van der Waals surface area (Å²) in [5, 5.41) is 3.46. The average molecular weight is 332 g/mol. The molecule has 1 fully saturated rings. The molecule has 0 saturated carbocycles. The zero-order valence-electron chi connectivity index (χ0n) is 14.8. The van der Waals surface area contributed by atoms with Crippen LogP contribution in [0.5, 0.6) is 11.5 Å². The zero-order chi connectivity index (χ0) is 16.8. The monoisotopic (exact) mass is 332 g/mol. The van der Waals surface area contributed by atoms with E-state index in [2.05, 4.69) is 39.2 Å². The van der Waals surface area contributed by atoms with Crippen LogP contribution in [0, 0.1) is 0 Å². The Bertz CT molecular complexity index is 568. The van der Waals surface area contributed by atoms with E-state index in [1.807, 2.05) is 13.1 Å². The molecule has 0 atom stereocenters. The molecule has 0 radical (unpaired) electrons. The van der Waals surface area contributed by atoms with Gasteiger partial charge >= 0.3 is 0 Å². The topological polar surface area (TPSA) is 49.3 Å². The van der Waals surface area contributed by atoms with Crippen LogP contribution >= 0.6 is 0 Å². The molecule has 1 aromatic rings. The highest BCUT2D eigenvalue weighted by atomic mass is 16.7. The Morgan fingerprint density at radius 3 is 2.71 bits per heavy atom. The molecule has 0 bridgehead atoms. The summed E-state index contributed by atoms with van der Waals surface area (Å²) in [7, 11) is 1.87. The van der Waals surface area contributed by atoms with E-state index < -0.39 is 0 Å². The molecule has 1 aromatic carbocycles. The summed E-state index contributed by atoms with van der Waals surface area (Å²) in [6.07, 6.45) is 2.39. The van der Waals surface area contributed by atoms with Gasteiger partial charge in [0.2, 0.25) is 6.79 Å². The molecule has 2 aliphatic rings. The number of rotatable bonds is 5. The van der Waals surface area contributed by atoms with E-state index in [1.165, 1.54) is 18.4 Å². The molecule has 6 heteroatoms. The minimum Gasteiger partial charge on any atom is -0.454 e. The van der Waals surface area contributed by atoms with Gasteiger partial charge in [-0.3, -0.25) is 9.89 Å². The molecule has 0 unspecified atom stereocenters. The molecule has 0 amide bonds. The van der Waals surface area contributed by atoms with E-state index in [1.54, 1.807) is 0 Å². The largest absolute Gasteiger partial charge is 0.454 e. The standard InChI is InChI=1S/C18H28N4O2/c1-3-4-7-20-18(19-2)22-10-8-21(9-11-22)13-15-5-6-16-17(12-15)24-14-23-16/h5-6,12H,3-4,7-11,13-14H2,1-2H3,(H,19,20). The molecule has 1 N–H and O–H groups in total. The van der Waals surface area contributed by atoms with Crippen LogP contribution in [0.4, 0.5) is 0 Å². The van der Waals surface area contributed by atoms with E-state index in [4.69, 9.17) is 9.47 Å². The minimum absolute atomic E-state index is 0.335. The molecule has 0 aromatic heterocycles. The van der Waals surface area contributed by atoms with Crippen molar-refractivity contribution in [3.05, 3.63) is 23.8 Å². The summed E-state index contributed by atoms with van der Waals surface area (Å²) >= 11 is 0. The summed E-state index contributed by atoms with van der Waals surface area (Å²) in [4.78, 5) is 9.25. The van der Waals surface area contributed by atoms with E-state index in [-0.39, 0.29) is 0 Å². The Labute approximate surface area is 144 Å². The smallest absolute Gasteiger partial charge is 0.231 e. The number of piperazine rings is 1. The summed E-state index contributed by atoms with van der Waals surface area (Å²) in [5.74, 6) is 2.75. The van der Waals surface area contributed by atoms with E-state index >= 15 is 0 Å². The lowest BCUT2D eigenvalue weighted by atomic mass is 10.1. The number of benzene rings is 1. The maximum Gasteiger partial charge on any atom is 0.231 e. The van der Waals surface area contributed by atoms with Crippen LogP contribution in [0.15, 0.2) is 23.2 Å². The lowest BCUT2D eigenvalue weighted by Crippen LogP contribution is -2.52.